The van der Waals surface area contributed by atoms with Gasteiger partial charge in [-0.3, -0.25) is 4.79 Å². The molecule has 22 heavy (non-hydrogen) atoms. The molecular formula is C19H24N2O. The number of nitrogens with two attached hydrogens (primary N) is 1. The van der Waals surface area contributed by atoms with Gasteiger partial charge in [0.1, 0.15) is 0 Å². The van der Waals surface area contributed by atoms with Gasteiger partial charge in [0.05, 0.1) is 5.56 Å². The fraction of sp³-hybridized carbons (Fsp3) is 0.421. The average molecular weight is 296 g/mol. The number of nitrogens with zero attached hydrogens (tertiary/aromatic N) is 1. The normalized spacial score (nSPS) is 14.3. The fourth-order valence-electron chi connectivity index (χ4n) is 3.52. The van der Waals surface area contributed by atoms with Gasteiger partial charge in [-0.1, -0.05) is 37.6 Å². The zero-order valence-corrected chi connectivity index (χ0v) is 13.6. The van der Waals surface area contributed by atoms with Gasteiger partial charge >= 0.3 is 0 Å². The molecule has 3 nitrogen and oxygen atoms in total. The van der Waals surface area contributed by atoms with Gasteiger partial charge in [0.15, 0.2) is 0 Å². The average Bonchev–Trinajstić information content (AvgIpc) is 3.25. The third-order valence-corrected chi connectivity index (χ3v) is 4.61. The largest absolute Gasteiger partial charge is 0.366 e. The lowest BCUT2D eigenvalue weighted by Crippen LogP contribution is -2.13. The summed E-state index contributed by atoms with van der Waals surface area (Å²) in [6, 6.07) is 8.82. The molecule has 0 aliphatic heterocycles. The summed E-state index contributed by atoms with van der Waals surface area (Å²) in [6.45, 7) is 6.32. The predicted octanol–water partition coefficient (Wildman–Crippen LogP) is 4.16. The van der Waals surface area contributed by atoms with Crippen molar-refractivity contribution in [2.75, 3.05) is 0 Å². The van der Waals surface area contributed by atoms with Crippen LogP contribution in [0.3, 0.4) is 0 Å². The number of carbonyl (C=O) groups is 1. The maximum atomic E-state index is 12.1. The van der Waals surface area contributed by atoms with Crippen molar-refractivity contribution in [3.63, 3.8) is 0 Å². The molecule has 2 aromatic rings. The minimum absolute atomic E-state index is 0.312. The lowest BCUT2D eigenvalue weighted by molar-refractivity contribution is 0.1000. The van der Waals surface area contributed by atoms with Gasteiger partial charge in [0.2, 0.25) is 0 Å². The lowest BCUT2D eigenvalue weighted by atomic mass is 9.94. The molecule has 2 N–H and O–H groups in total. The van der Waals surface area contributed by atoms with Crippen molar-refractivity contribution in [3.05, 3.63) is 46.8 Å². The molecule has 1 aliphatic rings. The summed E-state index contributed by atoms with van der Waals surface area (Å²) in [5, 5.41) is 0. The highest BCUT2D eigenvalue weighted by atomic mass is 16.1. The van der Waals surface area contributed by atoms with Crippen LogP contribution in [-0.4, -0.2) is 10.5 Å². The smallest absolute Gasteiger partial charge is 0.251 e. The molecule has 1 aliphatic carbocycles. The van der Waals surface area contributed by atoms with Crippen LogP contribution < -0.4 is 5.73 Å². The quantitative estimate of drug-likeness (QED) is 0.885. The van der Waals surface area contributed by atoms with Crippen molar-refractivity contribution in [1.29, 1.82) is 0 Å². The van der Waals surface area contributed by atoms with E-state index in [4.69, 9.17) is 5.73 Å². The number of hydrogen-bond donors (Lipinski definition) is 1. The van der Waals surface area contributed by atoms with Gasteiger partial charge in [-0.2, -0.15) is 0 Å². The van der Waals surface area contributed by atoms with Gasteiger partial charge in [0.25, 0.3) is 5.91 Å². The van der Waals surface area contributed by atoms with E-state index in [1.165, 1.54) is 24.1 Å². The van der Waals surface area contributed by atoms with E-state index in [1.807, 2.05) is 19.1 Å². The maximum Gasteiger partial charge on any atom is 0.251 e. The number of carbonyl (C=O) groups excluding carboxylic acids is 1. The van der Waals surface area contributed by atoms with E-state index >= 15 is 0 Å². The van der Waals surface area contributed by atoms with E-state index in [1.54, 1.807) is 0 Å². The van der Waals surface area contributed by atoms with Crippen molar-refractivity contribution in [1.82, 2.24) is 4.57 Å². The van der Waals surface area contributed by atoms with Crippen molar-refractivity contribution < 1.29 is 4.79 Å². The number of aromatic nitrogens is 1. The van der Waals surface area contributed by atoms with Gasteiger partial charge in [-0.15, -0.1) is 0 Å². The Kier molecular flexibility index (Phi) is 3.81. The number of aryl methyl sites for hydroxylation is 1. The fourth-order valence-corrected chi connectivity index (χ4v) is 3.52. The Labute approximate surface area is 132 Å². The molecule has 3 heteroatoms. The first-order chi connectivity index (χ1) is 10.6. The first-order valence-corrected chi connectivity index (χ1v) is 8.15. The van der Waals surface area contributed by atoms with Crippen molar-refractivity contribution >= 4 is 5.91 Å². The molecule has 1 aromatic carbocycles. The van der Waals surface area contributed by atoms with Crippen LogP contribution in [0.4, 0.5) is 0 Å². The highest BCUT2D eigenvalue weighted by Gasteiger charge is 2.32. The van der Waals surface area contributed by atoms with Crippen molar-refractivity contribution in [2.45, 2.75) is 52.5 Å². The second-order valence-electron chi connectivity index (χ2n) is 6.31. The number of amides is 1. The van der Waals surface area contributed by atoms with E-state index in [0.717, 1.165) is 29.7 Å². The third-order valence-electron chi connectivity index (χ3n) is 4.61. The van der Waals surface area contributed by atoms with E-state index in [2.05, 4.69) is 30.5 Å². The summed E-state index contributed by atoms with van der Waals surface area (Å²) in [5.74, 6) is -0.312. The maximum absolute atomic E-state index is 12.1. The number of hydrogen-bond acceptors (Lipinski definition) is 1. The summed E-state index contributed by atoms with van der Waals surface area (Å²) >= 11 is 0. The minimum atomic E-state index is -0.312. The van der Waals surface area contributed by atoms with Crippen LogP contribution in [0.25, 0.3) is 11.1 Å². The van der Waals surface area contributed by atoms with E-state index in [-0.39, 0.29) is 5.91 Å². The first-order valence-electron chi connectivity index (χ1n) is 8.15. The zero-order valence-electron chi connectivity index (χ0n) is 13.6. The van der Waals surface area contributed by atoms with E-state index in [9.17, 15) is 4.79 Å². The molecule has 3 rings (SSSR count). The summed E-state index contributed by atoms with van der Waals surface area (Å²) in [6.07, 6.45) is 4.46. The summed E-state index contributed by atoms with van der Waals surface area (Å²) < 4.78 is 2.38. The number of primary amides is 1. The summed E-state index contributed by atoms with van der Waals surface area (Å²) in [4.78, 5) is 12.1. The van der Waals surface area contributed by atoms with Gasteiger partial charge in [-0.25, -0.2) is 0 Å². The number of benzene rings is 1. The van der Waals surface area contributed by atoms with Gasteiger partial charge in [-0.05, 0) is 44.2 Å². The molecule has 116 valence electrons. The second-order valence-corrected chi connectivity index (χ2v) is 6.31. The second kappa shape index (κ2) is 5.64. The molecule has 0 atom stereocenters. The molecule has 1 heterocycles. The van der Waals surface area contributed by atoms with E-state index < -0.39 is 0 Å². The summed E-state index contributed by atoms with van der Waals surface area (Å²) in [5.41, 5.74) is 12.2. The molecule has 1 saturated carbocycles. The molecule has 1 aromatic heterocycles. The van der Waals surface area contributed by atoms with E-state index in [0.29, 0.717) is 11.6 Å². The monoisotopic (exact) mass is 296 g/mol. The Bertz CT molecular complexity index is 723. The van der Waals surface area contributed by atoms with Crippen LogP contribution in [0.5, 0.6) is 0 Å². The van der Waals surface area contributed by atoms with Gasteiger partial charge in [0, 0.05) is 23.0 Å². The lowest BCUT2D eigenvalue weighted by Gasteiger charge is -2.12. The molecule has 0 bridgehead atoms. The molecule has 0 spiro atoms. The van der Waals surface area contributed by atoms with Gasteiger partial charge < -0.3 is 10.3 Å². The van der Waals surface area contributed by atoms with Crippen LogP contribution in [0, 0.1) is 13.8 Å². The van der Waals surface area contributed by atoms with Crippen LogP contribution in [0.15, 0.2) is 24.3 Å². The van der Waals surface area contributed by atoms with Crippen LogP contribution in [0.2, 0.25) is 0 Å². The molecule has 0 saturated heterocycles. The molecule has 1 fully saturated rings. The Morgan fingerprint density at radius 3 is 2.50 bits per heavy atom. The minimum Gasteiger partial charge on any atom is -0.366 e. The standard InChI is InChI=1S/C19H24N2O/c1-4-7-16-18(15-9-6-5-8-12(15)2)17(19(20)22)13(3)21(16)14-10-11-14/h5-6,8-9,14H,4,7,10-11H2,1-3H3,(H2,20,22). The topological polar surface area (TPSA) is 48.0 Å². The third kappa shape index (κ3) is 2.35. The van der Waals surface area contributed by atoms with Crippen LogP contribution in [0.1, 0.15) is 59.5 Å². The highest BCUT2D eigenvalue weighted by Crippen LogP contribution is 2.43. The first kappa shape index (κ1) is 14.9. The molecule has 1 amide bonds. The van der Waals surface area contributed by atoms with Crippen LogP contribution >= 0.6 is 0 Å². The number of rotatable bonds is 5. The Morgan fingerprint density at radius 2 is 1.95 bits per heavy atom. The molecule has 0 radical (unpaired) electrons. The Hall–Kier alpha value is -2.03. The Morgan fingerprint density at radius 1 is 1.27 bits per heavy atom. The highest BCUT2D eigenvalue weighted by molar-refractivity contribution is 6.02. The van der Waals surface area contributed by atoms with Crippen molar-refractivity contribution in [3.8, 4) is 11.1 Å². The molecule has 0 unspecified atom stereocenters. The van der Waals surface area contributed by atoms with Crippen molar-refractivity contribution in [2.24, 2.45) is 5.73 Å². The molecular weight excluding hydrogens is 272 g/mol. The summed E-state index contributed by atoms with van der Waals surface area (Å²) in [7, 11) is 0. The predicted molar refractivity (Wildman–Crippen MR) is 90.1 cm³/mol. The van der Waals surface area contributed by atoms with Crippen LogP contribution in [-0.2, 0) is 6.42 Å². The Balaban J connectivity index is 2.33. The zero-order chi connectivity index (χ0) is 15.9. The SMILES string of the molecule is CCCc1c(-c2ccccc2C)c(C(N)=O)c(C)n1C1CC1.